The molecule has 0 saturated heterocycles. The number of nitrogens with one attached hydrogen (secondary N) is 4. The third kappa shape index (κ3) is 7.86. The highest BCUT2D eigenvalue weighted by atomic mass is 16.2. The van der Waals surface area contributed by atoms with E-state index in [-0.39, 0.29) is 11.8 Å². The molecule has 0 aliphatic rings. The van der Waals surface area contributed by atoms with Gasteiger partial charge in [-0.1, -0.05) is 26.0 Å². The predicted molar refractivity (Wildman–Crippen MR) is 176 cm³/mol. The Morgan fingerprint density at radius 3 is 1.23 bits per heavy atom. The highest BCUT2D eigenvalue weighted by Crippen LogP contribution is 2.20. The molecule has 5 rings (SSSR count). The molecule has 2 heterocycles. The third-order valence-corrected chi connectivity index (χ3v) is 7.05. The summed E-state index contributed by atoms with van der Waals surface area (Å²) in [7, 11) is 0. The number of benzene rings is 3. The van der Waals surface area contributed by atoms with Crippen LogP contribution in [0.1, 0.15) is 47.4 Å². The predicted octanol–water partition coefficient (Wildman–Crippen LogP) is 7.07. The van der Waals surface area contributed by atoms with Gasteiger partial charge in [0.05, 0.1) is 25.5 Å². The van der Waals surface area contributed by atoms with E-state index in [0.29, 0.717) is 22.5 Å². The Balaban J connectivity index is 1.14. The van der Waals surface area contributed by atoms with Crippen molar-refractivity contribution in [2.45, 2.75) is 39.8 Å². The molecule has 44 heavy (non-hydrogen) atoms. The van der Waals surface area contributed by atoms with Crippen LogP contribution in [-0.4, -0.2) is 11.8 Å². The zero-order valence-electron chi connectivity index (χ0n) is 25.1. The SMILES string of the molecule is CCC[n+]1ccccc1Nc1ccc(NC(=O)c2ccc(C(=O)Nc3ccc(Nc4cccc[n+]4CCC)cc3)cc2)cc1. The lowest BCUT2D eigenvalue weighted by atomic mass is 10.1. The molecule has 222 valence electrons. The fourth-order valence-corrected chi connectivity index (χ4v) is 4.80. The van der Waals surface area contributed by atoms with Crippen molar-refractivity contribution in [1.29, 1.82) is 0 Å². The van der Waals surface area contributed by atoms with Crippen LogP contribution in [0.5, 0.6) is 0 Å². The number of anilines is 6. The van der Waals surface area contributed by atoms with Crippen molar-refractivity contribution in [3.05, 3.63) is 133 Å². The van der Waals surface area contributed by atoms with Gasteiger partial charge in [-0.2, -0.15) is 0 Å². The van der Waals surface area contributed by atoms with Gasteiger partial charge in [0.15, 0.2) is 0 Å². The van der Waals surface area contributed by atoms with Crippen LogP contribution in [0.3, 0.4) is 0 Å². The number of carbonyl (C=O) groups is 2. The Bertz CT molecular complexity index is 1570. The lowest BCUT2D eigenvalue weighted by Gasteiger charge is -2.09. The molecule has 0 aliphatic carbocycles. The molecule has 0 fully saturated rings. The molecule has 0 unspecified atom stereocenters. The van der Waals surface area contributed by atoms with E-state index >= 15 is 0 Å². The third-order valence-electron chi connectivity index (χ3n) is 7.05. The smallest absolute Gasteiger partial charge is 0.279 e. The first kappa shape index (κ1) is 30.0. The molecule has 0 atom stereocenters. The van der Waals surface area contributed by atoms with Crippen LogP contribution in [0, 0.1) is 0 Å². The summed E-state index contributed by atoms with van der Waals surface area (Å²) in [6.45, 7) is 6.15. The Morgan fingerprint density at radius 2 is 0.864 bits per heavy atom. The van der Waals surface area contributed by atoms with Crippen LogP contribution in [0.2, 0.25) is 0 Å². The molecular formula is C36H38N6O2+2. The summed E-state index contributed by atoms with van der Waals surface area (Å²) in [5, 5.41) is 12.7. The molecule has 8 heteroatoms. The monoisotopic (exact) mass is 586 g/mol. The number of aromatic nitrogens is 2. The molecule has 3 aromatic carbocycles. The molecule has 2 amide bonds. The molecule has 0 aliphatic heterocycles. The summed E-state index contributed by atoms with van der Waals surface area (Å²) < 4.78 is 4.34. The second-order valence-electron chi connectivity index (χ2n) is 10.4. The molecule has 0 spiro atoms. The lowest BCUT2D eigenvalue weighted by Crippen LogP contribution is -2.35. The zero-order chi connectivity index (χ0) is 30.7. The van der Waals surface area contributed by atoms with E-state index in [1.807, 2.05) is 84.9 Å². The van der Waals surface area contributed by atoms with Crippen LogP contribution in [0.25, 0.3) is 0 Å². The minimum absolute atomic E-state index is 0.247. The molecule has 8 nitrogen and oxygen atoms in total. The van der Waals surface area contributed by atoms with E-state index in [2.05, 4.69) is 56.6 Å². The minimum Gasteiger partial charge on any atom is -0.322 e. The number of rotatable bonds is 12. The molecule has 5 aromatic rings. The van der Waals surface area contributed by atoms with E-state index in [1.165, 1.54) is 0 Å². The van der Waals surface area contributed by atoms with Crippen molar-refractivity contribution in [2.24, 2.45) is 0 Å². The maximum Gasteiger partial charge on any atom is 0.279 e. The fourth-order valence-electron chi connectivity index (χ4n) is 4.80. The quantitative estimate of drug-likeness (QED) is 0.118. The molecular weight excluding hydrogens is 548 g/mol. The second-order valence-corrected chi connectivity index (χ2v) is 10.4. The number of hydrogen-bond acceptors (Lipinski definition) is 4. The standard InChI is InChI=1S/C36H36N6O2/c1-3-23-41-25-7-5-9-33(41)37-29-15-19-31(20-16-29)39-35(43)27-11-13-28(14-12-27)36(44)40-32-21-17-30(18-22-32)38-34-10-6-8-26-42(34)24-4-2/h5-22,25-26H,3-4,23-24H2,1-2H3,(H2,39,40,43,44)/p+2. The van der Waals surface area contributed by atoms with Crippen molar-refractivity contribution >= 4 is 46.2 Å². The van der Waals surface area contributed by atoms with Crippen molar-refractivity contribution < 1.29 is 18.7 Å². The average molecular weight is 587 g/mol. The number of amides is 2. The summed E-state index contributed by atoms with van der Waals surface area (Å²) in [5.41, 5.74) is 4.15. The van der Waals surface area contributed by atoms with Crippen LogP contribution in [0.15, 0.2) is 122 Å². The molecule has 0 saturated carbocycles. The van der Waals surface area contributed by atoms with Gasteiger partial charge in [-0.3, -0.25) is 9.59 Å². The fraction of sp³-hybridized carbons (Fsp3) is 0.167. The van der Waals surface area contributed by atoms with Crippen LogP contribution < -0.4 is 30.4 Å². The van der Waals surface area contributed by atoms with Gasteiger partial charge >= 0.3 is 0 Å². The molecule has 0 bridgehead atoms. The first-order valence-electron chi connectivity index (χ1n) is 15.0. The van der Waals surface area contributed by atoms with Gasteiger partial charge in [-0.05, 0) is 97.8 Å². The molecule has 2 aromatic heterocycles. The summed E-state index contributed by atoms with van der Waals surface area (Å²) in [6.07, 6.45) is 6.19. The largest absolute Gasteiger partial charge is 0.322 e. The van der Waals surface area contributed by atoms with Gasteiger partial charge < -0.3 is 10.6 Å². The maximum atomic E-state index is 12.9. The van der Waals surface area contributed by atoms with Crippen molar-refractivity contribution in [2.75, 3.05) is 21.3 Å². The Kier molecular flexibility index (Phi) is 9.94. The molecule has 4 N–H and O–H groups in total. The lowest BCUT2D eigenvalue weighted by molar-refractivity contribution is -0.683. The normalized spacial score (nSPS) is 10.6. The zero-order valence-corrected chi connectivity index (χ0v) is 25.1. The summed E-state index contributed by atoms with van der Waals surface area (Å²) in [5.74, 6) is 1.52. The highest BCUT2D eigenvalue weighted by Gasteiger charge is 2.13. The van der Waals surface area contributed by atoms with E-state index in [9.17, 15) is 9.59 Å². The Hall–Kier alpha value is -5.50. The maximum absolute atomic E-state index is 12.9. The summed E-state index contributed by atoms with van der Waals surface area (Å²) in [4.78, 5) is 25.7. The van der Waals surface area contributed by atoms with Gasteiger partial charge in [-0.25, -0.2) is 19.8 Å². The first-order chi connectivity index (χ1) is 21.5. The van der Waals surface area contributed by atoms with Gasteiger partial charge in [0.2, 0.25) is 0 Å². The average Bonchev–Trinajstić information content (AvgIpc) is 3.05. The highest BCUT2D eigenvalue weighted by molar-refractivity contribution is 6.07. The van der Waals surface area contributed by atoms with Gasteiger partial charge in [0.1, 0.15) is 11.4 Å². The Labute approximate surface area is 258 Å². The van der Waals surface area contributed by atoms with Gasteiger partial charge in [-0.15, -0.1) is 0 Å². The van der Waals surface area contributed by atoms with Crippen LogP contribution in [-0.2, 0) is 13.1 Å². The number of nitrogens with zero attached hydrogens (tertiary/aromatic N) is 2. The number of aryl methyl sites for hydroxylation is 2. The van der Waals surface area contributed by atoms with Gasteiger partial charge in [0, 0.05) is 34.6 Å². The van der Waals surface area contributed by atoms with Gasteiger partial charge in [0.25, 0.3) is 23.5 Å². The Morgan fingerprint density at radius 1 is 0.500 bits per heavy atom. The number of pyridine rings is 2. The van der Waals surface area contributed by atoms with Crippen molar-refractivity contribution in [1.82, 2.24) is 0 Å². The second kappa shape index (κ2) is 14.6. The first-order valence-corrected chi connectivity index (χ1v) is 15.0. The van der Waals surface area contributed by atoms with E-state index in [0.717, 1.165) is 48.9 Å². The number of carbonyl (C=O) groups excluding carboxylic acids is 2. The number of hydrogen-bond donors (Lipinski definition) is 4. The van der Waals surface area contributed by atoms with Crippen molar-refractivity contribution in [3.8, 4) is 0 Å². The van der Waals surface area contributed by atoms with E-state index in [4.69, 9.17) is 0 Å². The van der Waals surface area contributed by atoms with Crippen molar-refractivity contribution in [3.63, 3.8) is 0 Å². The van der Waals surface area contributed by atoms with Crippen LogP contribution in [0.4, 0.5) is 34.4 Å². The van der Waals surface area contributed by atoms with Crippen LogP contribution >= 0.6 is 0 Å². The topological polar surface area (TPSA) is 90.0 Å². The van der Waals surface area contributed by atoms with E-state index in [1.54, 1.807) is 24.3 Å². The minimum atomic E-state index is -0.247. The molecule has 0 radical (unpaired) electrons. The summed E-state index contributed by atoms with van der Waals surface area (Å²) >= 11 is 0. The van der Waals surface area contributed by atoms with E-state index < -0.39 is 0 Å². The summed E-state index contributed by atoms with van der Waals surface area (Å²) in [6, 6.07) is 33.9.